The number of aromatic nitrogens is 4. The van der Waals surface area contributed by atoms with Crippen molar-refractivity contribution in [3.05, 3.63) is 0 Å². The maximum absolute atomic E-state index is 10.4. The van der Waals surface area contributed by atoms with Gasteiger partial charge in [-0.1, -0.05) is 25.1 Å². The highest BCUT2D eigenvalue weighted by Gasteiger charge is 2.17. The van der Waals surface area contributed by atoms with Crippen LogP contribution in [-0.2, 0) is 11.8 Å². The first kappa shape index (κ1) is 14.6. The van der Waals surface area contributed by atoms with E-state index >= 15 is 0 Å². The molecule has 0 atom stereocenters. The molecule has 0 radical (unpaired) electrons. The molecule has 0 aliphatic carbocycles. The predicted octanol–water partition coefficient (Wildman–Crippen LogP) is 1.54. The fraction of sp³-hybridized carbons (Fsp3) is 0.500. The Hall–Kier alpha value is -1.83. The Morgan fingerprint density at radius 2 is 2.20 bits per heavy atom. The smallest absolute Gasteiger partial charge is 0.246 e. The van der Waals surface area contributed by atoms with Crippen molar-refractivity contribution in [1.29, 1.82) is 0 Å². The summed E-state index contributed by atoms with van der Waals surface area (Å²) in [5, 5.41) is 14.5. The molecule has 0 unspecified atom stereocenters. The monoisotopic (exact) mass is 296 g/mol. The number of aldehydes is 1. The molecule has 0 spiro atoms. The first-order valence-corrected chi connectivity index (χ1v) is 7.28. The van der Waals surface area contributed by atoms with Gasteiger partial charge in [0.15, 0.2) is 16.2 Å². The fourth-order valence-electron chi connectivity index (χ4n) is 1.60. The zero-order valence-electron chi connectivity index (χ0n) is 11.4. The summed E-state index contributed by atoms with van der Waals surface area (Å²) in [6.45, 7) is 2.59. The van der Waals surface area contributed by atoms with Gasteiger partial charge in [-0.05, 0) is 6.42 Å². The molecule has 0 aromatic carbocycles. The molecule has 8 heteroatoms. The van der Waals surface area contributed by atoms with E-state index in [-0.39, 0.29) is 11.6 Å². The molecular formula is C12H16N4O3S. The zero-order chi connectivity index (χ0) is 14.5. The number of hydrogen-bond donors (Lipinski definition) is 1. The summed E-state index contributed by atoms with van der Waals surface area (Å²) in [6, 6.07) is 0. The summed E-state index contributed by atoms with van der Waals surface area (Å²) in [5.41, 5.74) is 0.763. The van der Waals surface area contributed by atoms with Gasteiger partial charge in [0, 0.05) is 7.05 Å². The number of rotatable bonds is 7. The molecule has 0 bridgehead atoms. The summed E-state index contributed by atoms with van der Waals surface area (Å²) in [7, 11) is 1.62. The van der Waals surface area contributed by atoms with Crippen LogP contribution in [0, 0.1) is 0 Å². The molecule has 0 aliphatic rings. The molecule has 1 N–H and O–H groups in total. The van der Waals surface area contributed by atoms with E-state index in [9.17, 15) is 9.90 Å². The molecule has 0 saturated carbocycles. The summed E-state index contributed by atoms with van der Waals surface area (Å²) >= 11 is 1.19. The maximum Gasteiger partial charge on any atom is 0.246 e. The number of aryl methyl sites for hydroxylation is 1. The van der Waals surface area contributed by atoms with Gasteiger partial charge in [-0.15, -0.1) is 0 Å². The number of aromatic hydroxyl groups is 1. The molecule has 108 valence electrons. The van der Waals surface area contributed by atoms with E-state index in [4.69, 9.17) is 4.74 Å². The molecule has 2 heterocycles. The summed E-state index contributed by atoms with van der Waals surface area (Å²) in [6.07, 6.45) is 2.69. The van der Waals surface area contributed by atoms with E-state index in [1.54, 1.807) is 7.05 Å². The highest BCUT2D eigenvalue weighted by molar-refractivity contribution is 7.99. The number of nitrogens with zero attached hydrogens (tertiary/aromatic N) is 4. The quantitative estimate of drug-likeness (QED) is 0.358. The fourth-order valence-corrected chi connectivity index (χ4v) is 2.12. The van der Waals surface area contributed by atoms with Crippen molar-refractivity contribution in [2.24, 2.45) is 7.05 Å². The van der Waals surface area contributed by atoms with Gasteiger partial charge in [-0.2, -0.15) is 10.1 Å². The third kappa shape index (κ3) is 3.01. The van der Waals surface area contributed by atoms with E-state index in [1.165, 1.54) is 16.4 Å². The van der Waals surface area contributed by atoms with E-state index < -0.39 is 0 Å². The van der Waals surface area contributed by atoms with Crippen molar-refractivity contribution in [1.82, 2.24) is 19.7 Å². The van der Waals surface area contributed by atoms with Gasteiger partial charge in [0.1, 0.15) is 6.29 Å². The van der Waals surface area contributed by atoms with Crippen LogP contribution in [0.1, 0.15) is 19.8 Å². The minimum absolute atomic E-state index is 0.0457. The van der Waals surface area contributed by atoms with E-state index in [0.717, 1.165) is 19.1 Å². The summed E-state index contributed by atoms with van der Waals surface area (Å²) < 4.78 is 6.93. The Kier molecular flexibility index (Phi) is 4.78. The average Bonchev–Trinajstić information content (AvgIpc) is 2.73. The lowest BCUT2D eigenvalue weighted by molar-refractivity contribution is -0.105. The van der Waals surface area contributed by atoms with Crippen molar-refractivity contribution >= 4 is 29.1 Å². The first-order chi connectivity index (χ1) is 9.67. The second-order valence-corrected chi connectivity index (χ2v) is 5.12. The topological polar surface area (TPSA) is 90.1 Å². The van der Waals surface area contributed by atoms with Gasteiger partial charge in [0.2, 0.25) is 11.8 Å². The summed E-state index contributed by atoms with van der Waals surface area (Å²) in [5.74, 6) is 0.546. The van der Waals surface area contributed by atoms with Gasteiger partial charge in [-0.25, -0.2) is 9.67 Å². The van der Waals surface area contributed by atoms with Gasteiger partial charge in [-0.3, -0.25) is 0 Å². The number of carbonyl (C=O) groups excluding carboxylic acids is 1. The second kappa shape index (κ2) is 6.56. The SMILES string of the molecule is CCCCOc1nc(SCC=O)nc2c(O)n(C)nc12. The third-order valence-electron chi connectivity index (χ3n) is 2.62. The molecule has 0 amide bonds. The van der Waals surface area contributed by atoms with E-state index in [1.807, 2.05) is 0 Å². The third-order valence-corrected chi connectivity index (χ3v) is 3.36. The first-order valence-electron chi connectivity index (χ1n) is 6.30. The second-order valence-electron chi connectivity index (χ2n) is 4.14. The number of thioether (sulfide) groups is 1. The molecule has 0 saturated heterocycles. The Balaban J connectivity index is 2.40. The van der Waals surface area contributed by atoms with Crippen LogP contribution in [0.15, 0.2) is 5.16 Å². The van der Waals surface area contributed by atoms with E-state index in [2.05, 4.69) is 22.0 Å². The van der Waals surface area contributed by atoms with Crippen molar-refractivity contribution < 1.29 is 14.6 Å². The summed E-state index contributed by atoms with van der Waals surface area (Å²) in [4.78, 5) is 18.9. The average molecular weight is 296 g/mol. The molecule has 2 aromatic heterocycles. The number of carbonyl (C=O) groups is 1. The Labute approximate surface area is 120 Å². The van der Waals surface area contributed by atoms with Crippen molar-refractivity contribution in [2.45, 2.75) is 24.9 Å². The normalized spacial score (nSPS) is 10.9. The molecule has 0 aliphatic heterocycles. The molecule has 7 nitrogen and oxygen atoms in total. The molecule has 2 rings (SSSR count). The van der Waals surface area contributed by atoms with Crippen LogP contribution < -0.4 is 4.74 Å². The number of ether oxygens (including phenoxy) is 1. The Morgan fingerprint density at radius 3 is 2.90 bits per heavy atom. The van der Waals surface area contributed by atoms with Gasteiger partial charge < -0.3 is 14.6 Å². The molecule has 20 heavy (non-hydrogen) atoms. The van der Waals surface area contributed by atoms with Crippen LogP contribution in [0.25, 0.3) is 11.0 Å². The van der Waals surface area contributed by atoms with Crippen LogP contribution in [0.4, 0.5) is 0 Å². The van der Waals surface area contributed by atoms with Crippen molar-refractivity contribution in [2.75, 3.05) is 12.4 Å². The van der Waals surface area contributed by atoms with Crippen LogP contribution in [0.2, 0.25) is 0 Å². The van der Waals surface area contributed by atoms with Gasteiger partial charge in [0.05, 0.1) is 12.4 Å². The molecule has 2 aromatic rings. The lowest BCUT2D eigenvalue weighted by Crippen LogP contribution is -2.01. The lowest BCUT2D eigenvalue weighted by Gasteiger charge is -2.06. The minimum atomic E-state index is -0.0457. The van der Waals surface area contributed by atoms with E-state index in [0.29, 0.717) is 28.7 Å². The molecule has 0 fully saturated rings. The molecular weight excluding hydrogens is 280 g/mol. The van der Waals surface area contributed by atoms with Crippen molar-refractivity contribution in [3.8, 4) is 11.8 Å². The zero-order valence-corrected chi connectivity index (χ0v) is 12.2. The standard InChI is InChI=1S/C12H16N4O3S/c1-3-4-6-19-10-8-9(11(18)16(2)15-8)13-12(14-10)20-7-5-17/h5,18H,3-4,6-7H2,1-2H3. The number of hydrogen-bond acceptors (Lipinski definition) is 7. The van der Waals surface area contributed by atoms with Gasteiger partial charge >= 0.3 is 0 Å². The van der Waals surface area contributed by atoms with Crippen LogP contribution in [-0.4, -0.2) is 43.5 Å². The number of unbranched alkanes of at least 4 members (excludes halogenated alkanes) is 1. The minimum Gasteiger partial charge on any atom is -0.492 e. The van der Waals surface area contributed by atoms with Gasteiger partial charge in [0.25, 0.3) is 0 Å². The van der Waals surface area contributed by atoms with Crippen LogP contribution >= 0.6 is 11.8 Å². The maximum atomic E-state index is 10.4. The number of fused-ring (bicyclic) bond motifs is 1. The Morgan fingerprint density at radius 1 is 1.40 bits per heavy atom. The highest BCUT2D eigenvalue weighted by Crippen LogP contribution is 2.30. The van der Waals surface area contributed by atoms with Crippen LogP contribution in [0.3, 0.4) is 0 Å². The lowest BCUT2D eigenvalue weighted by atomic mass is 10.4. The largest absolute Gasteiger partial charge is 0.492 e. The Bertz CT molecular complexity index is 614. The van der Waals surface area contributed by atoms with Crippen molar-refractivity contribution in [3.63, 3.8) is 0 Å². The van der Waals surface area contributed by atoms with Crippen LogP contribution in [0.5, 0.6) is 11.8 Å². The highest BCUT2D eigenvalue weighted by atomic mass is 32.2. The predicted molar refractivity (Wildman–Crippen MR) is 75.2 cm³/mol.